The van der Waals surface area contributed by atoms with Crippen LogP contribution < -0.4 is 11.1 Å². The average Bonchev–Trinajstić information content (AvgIpc) is 2.97. The Balaban J connectivity index is 1.64. The van der Waals surface area contributed by atoms with Crippen LogP contribution in [0.3, 0.4) is 0 Å². The van der Waals surface area contributed by atoms with E-state index in [1.807, 2.05) is 18.2 Å². The van der Waals surface area contributed by atoms with Crippen molar-refractivity contribution in [3.63, 3.8) is 0 Å². The van der Waals surface area contributed by atoms with Gasteiger partial charge in [0.1, 0.15) is 6.26 Å². The number of carbonyl (C=O) groups excluding carboxylic acids is 1. The van der Waals surface area contributed by atoms with Crippen molar-refractivity contribution < 1.29 is 9.21 Å². The number of nitrogens with two attached hydrogens (primary N) is 1. The predicted molar refractivity (Wildman–Crippen MR) is 81.0 cm³/mol. The Morgan fingerprint density at radius 1 is 1.19 bits per heavy atom. The monoisotopic (exact) mass is 287 g/mol. The fourth-order valence-corrected chi connectivity index (χ4v) is 2.04. The van der Waals surface area contributed by atoms with E-state index in [4.69, 9.17) is 10.2 Å². The van der Waals surface area contributed by atoms with Crippen LogP contribution in [-0.4, -0.2) is 24.0 Å². The Bertz CT molecular complexity index is 552. The molecular weight excluding hydrogens is 266 g/mol. The second-order valence-corrected chi connectivity index (χ2v) is 4.86. The van der Waals surface area contributed by atoms with Crippen LogP contribution in [0, 0.1) is 0 Å². The Labute approximate surface area is 124 Å². The molecule has 0 saturated heterocycles. The van der Waals surface area contributed by atoms with E-state index in [0.29, 0.717) is 31.1 Å². The van der Waals surface area contributed by atoms with Gasteiger partial charge < -0.3 is 15.5 Å². The van der Waals surface area contributed by atoms with E-state index < -0.39 is 0 Å². The van der Waals surface area contributed by atoms with Crippen LogP contribution in [0.4, 0.5) is 0 Å². The molecule has 112 valence electrons. The van der Waals surface area contributed by atoms with E-state index in [9.17, 15) is 4.79 Å². The molecule has 1 heterocycles. The molecule has 0 aliphatic carbocycles. The Hall–Kier alpha value is -2.14. The van der Waals surface area contributed by atoms with Crippen LogP contribution >= 0.6 is 0 Å². The maximum absolute atomic E-state index is 11.8. The van der Waals surface area contributed by atoms with Crippen LogP contribution in [0.25, 0.3) is 0 Å². The van der Waals surface area contributed by atoms with Crippen LogP contribution in [0.2, 0.25) is 0 Å². The van der Waals surface area contributed by atoms with Gasteiger partial charge in [0.05, 0.1) is 0 Å². The first-order valence-electron chi connectivity index (χ1n) is 7.26. The van der Waals surface area contributed by atoms with Gasteiger partial charge in [-0.3, -0.25) is 4.79 Å². The number of rotatable bonds is 8. The van der Waals surface area contributed by atoms with E-state index in [2.05, 4.69) is 22.4 Å². The number of amides is 1. The highest BCUT2D eigenvalue weighted by molar-refractivity contribution is 5.91. The topological polar surface area (TPSA) is 81.1 Å². The second kappa shape index (κ2) is 8.21. The molecule has 1 aromatic carbocycles. The van der Waals surface area contributed by atoms with Gasteiger partial charge >= 0.3 is 0 Å². The molecule has 1 aromatic heterocycles. The lowest BCUT2D eigenvalue weighted by molar-refractivity contribution is 0.0948. The normalized spacial score (nSPS) is 10.5. The van der Waals surface area contributed by atoms with Crippen molar-refractivity contribution in [2.75, 3.05) is 13.1 Å². The van der Waals surface area contributed by atoms with Gasteiger partial charge in [0, 0.05) is 19.5 Å². The smallest absolute Gasteiger partial charge is 0.273 e. The quantitative estimate of drug-likeness (QED) is 0.727. The molecule has 0 aliphatic heterocycles. The van der Waals surface area contributed by atoms with Gasteiger partial charge in [0.2, 0.25) is 0 Å². The minimum absolute atomic E-state index is 0.193. The van der Waals surface area contributed by atoms with Crippen molar-refractivity contribution in [2.24, 2.45) is 5.73 Å². The van der Waals surface area contributed by atoms with E-state index >= 15 is 0 Å². The number of nitrogens with zero attached hydrogens (tertiary/aromatic N) is 1. The first-order valence-corrected chi connectivity index (χ1v) is 7.26. The van der Waals surface area contributed by atoms with E-state index in [-0.39, 0.29) is 5.91 Å². The molecule has 0 bridgehead atoms. The third-order valence-corrected chi connectivity index (χ3v) is 3.16. The third-order valence-electron chi connectivity index (χ3n) is 3.16. The maximum Gasteiger partial charge on any atom is 0.273 e. The Morgan fingerprint density at radius 2 is 2.00 bits per heavy atom. The standard InChI is InChI=1S/C16H21N3O2/c17-10-9-15-19-14(12-21-15)16(20)18-11-5-4-8-13-6-2-1-3-7-13/h1-3,6-7,12H,4-5,8-11,17H2,(H,18,20). The molecule has 0 saturated carbocycles. The van der Waals surface area contributed by atoms with Gasteiger partial charge in [-0.2, -0.15) is 0 Å². The summed E-state index contributed by atoms with van der Waals surface area (Å²) in [5.74, 6) is 0.313. The molecular formula is C16H21N3O2. The average molecular weight is 287 g/mol. The van der Waals surface area contributed by atoms with Crippen LogP contribution in [0.5, 0.6) is 0 Å². The van der Waals surface area contributed by atoms with Crippen molar-refractivity contribution >= 4 is 5.91 Å². The third kappa shape index (κ3) is 5.04. The Morgan fingerprint density at radius 3 is 2.76 bits per heavy atom. The van der Waals surface area contributed by atoms with Crippen molar-refractivity contribution in [3.8, 4) is 0 Å². The summed E-state index contributed by atoms with van der Waals surface area (Å²) in [5.41, 5.74) is 7.05. The fourth-order valence-electron chi connectivity index (χ4n) is 2.04. The number of carbonyl (C=O) groups is 1. The van der Waals surface area contributed by atoms with Crippen LogP contribution in [0.15, 0.2) is 41.0 Å². The molecule has 1 amide bonds. The van der Waals surface area contributed by atoms with E-state index in [1.54, 1.807) is 0 Å². The number of nitrogens with one attached hydrogen (secondary N) is 1. The summed E-state index contributed by atoms with van der Waals surface area (Å²) in [6, 6.07) is 10.3. The zero-order chi connectivity index (χ0) is 14.9. The Kier molecular flexibility index (Phi) is 5.97. The van der Waals surface area contributed by atoms with Gasteiger partial charge in [-0.05, 0) is 24.8 Å². The first-order chi connectivity index (χ1) is 10.3. The van der Waals surface area contributed by atoms with Gasteiger partial charge in [-0.1, -0.05) is 30.3 Å². The van der Waals surface area contributed by atoms with E-state index in [1.165, 1.54) is 11.8 Å². The number of oxazole rings is 1. The number of aromatic nitrogens is 1. The van der Waals surface area contributed by atoms with E-state index in [0.717, 1.165) is 19.3 Å². The molecule has 0 spiro atoms. The molecule has 5 nitrogen and oxygen atoms in total. The second-order valence-electron chi connectivity index (χ2n) is 4.86. The lowest BCUT2D eigenvalue weighted by atomic mass is 10.1. The van der Waals surface area contributed by atoms with Gasteiger partial charge in [0.15, 0.2) is 11.6 Å². The summed E-state index contributed by atoms with van der Waals surface area (Å²) in [6.07, 6.45) is 4.94. The molecule has 0 unspecified atom stereocenters. The summed E-state index contributed by atoms with van der Waals surface area (Å²) in [5, 5.41) is 2.85. The summed E-state index contributed by atoms with van der Waals surface area (Å²) in [7, 11) is 0. The minimum atomic E-state index is -0.193. The summed E-state index contributed by atoms with van der Waals surface area (Å²) in [4.78, 5) is 15.9. The van der Waals surface area contributed by atoms with Crippen molar-refractivity contribution in [2.45, 2.75) is 25.7 Å². The highest BCUT2D eigenvalue weighted by Gasteiger charge is 2.10. The van der Waals surface area contributed by atoms with Crippen LogP contribution in [-0.2, 0) is 12.8 Å². The molecule has 2 aromatic rings. The number of aryl methyl sites for hydroxylation is 1. The number of benzene rings is 1. The first kappa shape index (κ1) is 15.3. The molecule has 2 rings (SSSR count). The molecule has 0 radical (unpaired) electrons. The summed E-state index contributed by atoms with van der Waals surface area (Å²) >= 11 is 0. The molecule has 0 atom stereocenters. The maximum atomic E-state index is 11.8. The van der Waals surface area contributed by atoms with Crippen molar-refractivity contribution in [1.29, 1.82) is 0 Å². The van der Waals surface area contributed by atoms with Crippen molar-refractivity contribution in [3.05, 3.63) is 53.7 Å². The zero-order valence-corrected chi connectivity index (χ0v) is 12.0. The molecule has 5 heteroatoms. The summed E-state index contributed by atoms with van der Waals surface area (Å²) in [6.45, 7) is 1.10. The summed E-state index contributed by atoms with van der Waals surface area (Å²) < 4.78 is 5.16. The van der Waals surface area contributed by atoms with Gasteiger partial charge in [0.25, 0.3) is 5.91 Å². The highest BCUT2D eigenvalue weighted by Crippen LogP contribution is 2.05. The SMILES string of the molecule is NCCc1nc(C(=O)NCCCCc2ccccc2)co1. The minimum Gasteiger partial charge on any atom is -0.448 e. The number of unbranched alkanes of at least 4 members (excludes halogenated alkanes) is 1. The molecule has 21 heavy (non-hydrogen) atoms. The van der Waals surface area contributed by atoms with Gasteiger partial charge in [-0.25, -0.2) is 4.98 Å². The van der Waals surface area contributed by atoms with Crippen molar-refractivity contribution in [1.82, 2.24) is 10.3 Å². The van der Waals surface area contributed by atoms with Crippen LogP contribution in [0.1, 0.15) is 34.8 Å². The molecule has 0 aliphatic rings. The molecule has 0 fully saturated rings. The predicted octanol–water partition coefficient (Wildman–Crippen LogP) is 1.93. The fraction of sp³-hybridized carbons (Fsp3) is 0.375. The number of hydrogen-bond acceptors (Lipinski definition) is 4. The zero-order valence-electron chi connectivity index (χ0n) is 12.0. The highest BCUT2D eigenvalue weighted by atomic mass is 16.3. The largest absolute Gasteiger partial charge is 0.448 e. The van der Waals surface area contributed by atoms with Gasteiger partial charge in [-0.15, -0.1) is 0 Å². The molecule has 3 N–H and O–H groups in total. The lowest BCUT2D eigenvalue weighted by Crippen LogP contribution is -2.24. The lowest BCUT2D eigenvalue weighted by Gasteiger charge is -2.03. The number of hydrogen-bond donors (Lipinski definition) is 2.